The van der Waals surface area contributed by atoms with Crippen LogP contribution in [0.1, 0.15) is 25.0 Å². The van der Waals surface area contributed by atoms with Crippen LogP contribution in [0.3, 0.4) is 0 Å². The Kier molecular flexibility index (Phi) is 5.16. The minimum absolute atomic E-state index is 0.0152. The van der Waals surface area contributed by atoms with E-state index in [2.05, 4.69) is 16.8 Å². The van der Waals surface area contributed by atoms with Crippen molar-refractivity contribution < 1.29 is 5.11 Å². The minimum atomic E-state index is -0.178. The molecule has 18 heavy (non-hydrogen) atoms. The van der Waals surface area contributed by atoms with Crippen molar-refractivity contribution in [3.05, 3.63) is 45.7 Å². The average molecular weight is 243 g/mol. The molecule has 2 aromatic rings. The van der Waals surface area contributed by atoms with E-state index in [9.17, 15) is 4.79 Å². The number of hydrogen-bond acceptors (Lipinski definition) is 2. The highest BCUT2D eigenvalue weighted by atomic mass is 16.2. The molecule has 0 aliphatic heterocycles. The fourth-order valence-electron chi connectivity index (χ4n) is 1.54. The molecule has 1 aromatic heterocycles. The first-order chi connectivity index (χ1) is 8.72. The standard InChI is InChI=1S/C13H11NO2.C2H6/c1-9-8-14-12-5-4-10(3-2-6-15)7-11(12)13(9)16;1-2/h4-5,7-8,15H,6H2,1H3,(H,14,16);1-2H3. The number of aliphatic hydroxyl groups excluding tert-OH is 1. The van der Waals surface area contributed by atoms with E-state index in [-0.39, 0.29) is 12.0 Å². The SMILES string of the molecule is CC.Cc1c[nH]c2ccc(C#CCO)cc2c1=O. The molecule has 0 aliphatic carbocycles. The summed E-state index contributed by atoms with van der Waals surface area (Å²) in [6.07, 6.45) is 1.70. The Bertz CT molecular complexity index is 645. The maximum atomic E-state index is 11.8. The van der Waals surface area contributed by atoms with Crippen LogP contribution >= 0.6 is 0 Å². The van der Waals surface area contributed by atoms with Gasteiger partial charge in [-0.3, -0.25) is 4.79 Å². The molecule has 0 fully saturated rings. The number of fused-ring (bicyclic) bond motifs is 1. The molecule has 0 atom stereocenters. The topological polar surface area (TPSA) is 53.1 Å². The van der Waals surface area contributed by atoms with Gasteiger partial charge in [0.2, 0.25) is 0 Å². The molecular formula is C15H17NO2. The second kappa shape index (κ2) is 6.63. The van der Waals surface area contributed by atoms with Crippen molar-refractivity contribution in [2.24, 2.45) is 0 Å². The van der Waals surface area contributed by atoms with Gasteiger partial charge >= 0.3 is 0 Å². The number of aliphatic hydroxyl groups is 1. The predicted molar refractivity (Wildman–Crippen MR) is 74.6 cm³/mol. The van der Waals surface area contributed by atoms with Crippen LogP contribution in [0.15, 0.2) is 29.2 Å². The first kappa shape index (κ1) is 14.0. The van der Waals surface area contributed by atoms with E-state index in [1.54, 1.807) is 19.2 Å². The van der Waals surface area contributed by atoms with Gasteiger partial charge in [-0.2, -0.15) is 0 Å². The predicted octanol–water partition coefficient (Wildman–Crippen LogP) is 2.21. The third-order valence-corrected chi connectivity index (χ3v) is 2.38. The second-order valence-electron chi connectivity index (χ2n) is 3.52. The van der Waals surface area contributed by atoms with Crippen LogP contribution in [-0.4, -0.2) is 16.7 Å². The van der Waals surface area contributed by atoms with Crippen LogP contribution < -0.4 is 5.43 Å². The number of pyridine rings is 1. The van der Waals surface area contributed by atoms with Crippen LogP contribution in [0.2, 0.25) is 0 Å². The first-order valence-electron chi connectivity index (χ1n) is 5.94. The number of aryl methyl sites for hydroxylation is 1. The van der Waals surface area contributed by atoms with Crippen molar-refractivity contribution in [3.8, 4) is 11.8 Å². The van der Waals surface area contributed by atoms with Crippen LogP contribution in [0.25, 0.3) is 10.9 Å². The number of aromatic nitrogens is 1. The third kappa shape index (κ3) is 2.99. The second-order valence-corrected chi connectivity index (χ2v) is 3.52. The van der Waals surface area contributed by atoms with Gasteiger partial charge < -0.3 is 10.1 Å². The number of nitrogens with one attached hydrogen (secondary N) is 1. The fraction of sp³-hybridized carbons (Fsp3) is 0.267. The molecule has 94 valence electrons. The van der Waals surface area contributed by atoms with E-state index in [0.29, 0.717) is 10.9 Å². The number of benzene rings is 1. The van der Waals surface area contributed by atoms with Crippen molar-refractivity contribution in [1.82, 2.24) is 4.98 Å². The maximum Gasteiger partial charge on any atom is 0.192 e. The lowest BCUT2D eigenvalue weighted by Gasteiger charge is -1.99. The van der Waals surface area contributed by atoms with Crippen molar-refractivity contribution in [3.63, 3.8) is 0 Å². The molecule has 2 rings (SSSR count). The quantitative estimate of drug-likeness (QED) is 0.697. The molecule has 0 spiro atoms. The van der Waals surface area contributed by atoms with Crippen molar-refractivity contribution >= 4 is 10.9 Å². The summed E-state index contributed by atoms with van der Waals surface area (Å²) < 4.78 is 0. The van der Waals surface area contributed by atoms with Crippen LogP contribution in [-0.2, 0) is 0 Å². The van der Waals surface area contributed by atoms with E-state index in [1.807, 2.05) is 26.0 Å². The fourth-order valence-corrected chi connectivity index (χ4v) is 1.54. The van der Waals surface area contributed by atoms with Crippen LogP contribution in [0, 0.1) is 18.8 Å². The normalized spacial score (nSPS) is 9.11. The van der Waals surface area contributed by atoms with Gasteiger partial charge in [-0.05, 0) is 25.1 Å². The number of aromatic amines is 1. The Morgan fingerprint density at radius 2 is 2.06 bits per heavy atom. The van der Waals surface area contributed by atoms with E-state index >= 15 is 0 Å². The van der Waals surface area contributed by atoms with E-state index < -0.39 is 0 Å². The third-order valence-electron chi connectivity index (χ3n) is 2.38. The molecule has 0 saturated heterocycles. The van der Waals surface area contributed by atoms with Gasteiger partial charge in [-0.25, -0.2) is 0 Å². The highest BCUT2D eigenvalue weighted by Crippen LogP contribution is 2.10. The van der Waals surface area contributed by atoms with Gasteiger partial charge in [0, 0.05) is 28.2 Å². The molecule has 1 aromatic carbocycles. The molecule has 0 aliphatic rings. The molecule has 0 bridgehead atoms. The largest absolute Gasteiger partial charge is 0.384 e. The molecule has 0 unspecified atom stereocenters. The smallest absolute Gasteiger partial charge is 0.192 e. The highest BCUT2D eigenvalue weighted by Gasteiger charge is 2.01. The monoisotopic (exact) mass is 243 g/mol. The average Bonchev–Trinajstić information content (AvgIpc) is 2.43. The highest BCUT2D eigenvalue weighted by molar-refractivity contribution is 5.80. The Labute approximate surface area is 106 Å². The van der Waals surface area contributed by atoms with Crippen molar-refractivity contribution in [2.45, 2.75) is 20.8 Å². The van der Waals surface area contributed by atoms with E-state index in [0.717, 1.165) is 11.1 Å². The molecule has 0 radical (unpaired) electrons. The summed E-state index contributed by atoms with van der Waals surface area (Å²) in [5, 5.41) is 9.23. The van der Waals surface area contributed by atoms with E-state index in [1.165, 1.54) is 0 Å². The van der Waals surface area contributed by atoms with Crippen LogP contribution in [0.5, 0.6) is 0 Å². The summed E-state index contributed by atoms with van der Waals surface area (Å²) in [6, 6.07) is 5.37. The van der Waals surface area contributed by atoms with Gasteiger partial charge in [0.05, 0.1) is 0 Å². The molecule has 3 heteroatoms. The lowest BCUT2D eigenvalue weighted by molar-refractivity contribution is 0.350. The molecule has 0 amide bonds. The molecule has 3 nitrogen and oxygen atoms in total. The number of hydrogen-bond donors (Lipinski definition) is 2. The zero-order chi connectivity index (χ0) is 13.5. The summed E-state index contributed by atoms with van der Waals surface area (Å²) in [7, 11) is 0. The summed E-state index contributed by atoms with van der Waals surface area (Å²) in [6.45, 7) is 5.59. The number of rotatable bonds is 0. The van der Waals surface area contributed by atoms with Crippen molar-refractivity contribution in [1.29, 1.82) is 0 Å². The summed E-state index contributed by atoms with van der Waals surface area (Å²) in [5.74, 6) is 5.34. The maximum absolute atomic E-state index is 11.8. The van der Waals surface area contributed by atoms with Gasteiger partial charge in [0.15, 0.2) is 5.43 Å². The van der Waals surface area contributed by atoms with Crippen LogP contribution in [0.4, 0.5) is 0 Å². The zero-order valence-electron chi connectivity index (χ0n) is 10.9. The summed E-state index contributed by atoms with van der Waals surface area (Å²) in [4.78, 5) is 14.9. The van der Waals surface area contributed by atoms with Crippen molar-refractivity contribution in [2.75, 3.05) is 6.61 Å². The number of H-pyrrole nitrogens is 1. The Hall–Kier alpha value is -2.05. The minimum Gasteiger partial charge on any atom is -0.384 e. The molecular weight excluding hydrogens is 226 g/mol. The summed E-state index contributed by atoms with van der Waals surface area (Å²) in [5.41, 5.74) is 2.23. The van der Waals surface area contributed by atoms with Gasteiger partial charge in [0.25, 0.3) is 0 Å². The molecule has 1 heterocycles. The Morgan fingerprint density at radius 1 is 1.33 bits per heavy atom. The van der Waals surface area contributed by atoms with Gasteiger partial charge in [-0.1, -0.05) is 25.7 Å². The zero-order valence-corrected chi connectivity index (χ0v) is 10.9. The van der Waals surface area contributed by atoms with Gasteiger partial charge in [0.1, 0.15) is 6.61 Å². The van der Waals surface area contributed by atoms with Gasteiger partial charge in [-0.15, -0.1) is 0 Å². The lowest BCUT2D eigenvalue weighted by atomic mass is 10.1. The molecule has 2 N–H and O–H groups in total. The lowest BCUT2D eigenvalue weighted by Crippen LogP contribution is -2.06. The van der Waals surface area contributed by atoms with E-state index in [4.69, 9.17) is 5.11 Å². The Balaban J connectivity index is 0.000000771. The Morgan fingerprint density at radius 3 is 2.72 bits per heavy atom. The summed E-state index contributed by atoms with van der Waals surface area (Å²) >= 11 is 0. The first-order valence-corrected chi connectivity index (χ1v) is 5.94. The molecule has 0 saturated carbocycles.